The van der Waals surface area contributed by atoms with Gasteiger partial charge in [0, 0.05) is 30.4 Å². The summed E-state index contributed by atoms with van der Waals surface area (Å²) < 4.78 is 6.56. The van der Waals surface area contributed by atoms with Crippen molar-refractivity contribution in [3.63, 3.8) is 0 Å². The molecule has 32 heavy (non-hydrogen) atoms. The van der Waals surface area contributed by atoms with Crippen LogP contribution in [-0.4, -0.2) is 23.4 Å². The summed E-state index contributed by atoms with van der Waals surface area (Å²) in [4.78, 5) is 39.7. The largest absolute Gasteiger partial charge is 0.497 e. The molecule has 0 bridgehead atoms. The Morgan fingerprint density at radius 3 is 2.38 bits per heavy atom. The number of benzene rings is 2. The summed E-state index contributed by atoms with van der Waals surface area (Å²) in [6.45, 7) is 4.22. The van der Waals surface area contributed by atoms with E-state index in [0.717, 1.165) is 11.3 Å². The van der Waals surface area contributed by atoms with Crippen LogP contribution in [0.15, 0.2) is 65.6 Å². The van der Waals surface area contributed by atoms with Gasteiger partial charge in [0.05, 0.1) is 7.11 Å². The molecule has 3 aromatic rings. The number of carbonyl (C=O) groups is 2. The lowest BCUT2D eigenvalue weighted by molar-refractivity contribution is 0.0909. The number of para-hydroxylation sites is 1. The number of nitrogens with one attached hydrogen (secondary N) is 1. The Hall–Kier alpha value is -3.67. The van der Waals surface area contributed by atoms with Gasteiger partial charge in [-0.15, -0.1) is 0 Å². The molecular weight excluding hydrogens is 404 g/mol. The third-order valence-corrected chi connectivity index (χ3v) is 5.79. The van der Waals surface area contributed by atoms with Gasteiger partial charge >= 0.3 is 0 Å². The molecule has 0 radical (unpaired) electrons. The molecule has 0 atom stereocenters. The first-order chi connectivity index (χ1) is 15.3. The number of hydrogen-bond acceptors (Lipinski definition) is 4. The number of aromatic nitrogens is 1. The van der Waals surface area contributed by atoms with Gasteiger partial charge in [-0.25, -0.2) is 0 Å². The number of hydrogen-bond donors (Lipinski definition) is 1. The molecule has 1 aliphatic rings. The van der Waals surface area contributed by atoms with E-state index in [-0.39, 0.29) is 23.3 Å². The van der Waals surface area contributed by atoms with Crippen molar-refractivity contribution in [3.05, 3.63) is 93.4 Å². The highest BCUT2D eigenvalue weighted by Crippen LogP contribution is 2.35. The molecular formula is C26H26N2O4. The van der Waals surface area contributed by atoms with Gasteiger partial charge in [-0.3, -0.25) is 19.0 Å². The fourth-order valence-corrected chi connectivity index (χ4v) is 4.17. The van der Waals surface area contributed by atoms with Crippen LogP contribution in [-0.2, 0) is 13.0 Å². The van der Waals surface area contributed by atoms with Crippen LogP contribution in [0.5, 0.6) is 5.75 Å². The highest BCUT2D eigenvalue weighted by atomic mass is 16.5. The molecule has 4 rings (SSSR count). The van der Waals surface area contributed by atoms with Crippen LogP contribution in [0.4, 0.5) is 0 Å². The van der Waals surface area contributed by atoms with Gasteiger partial charge in [-0.1, -0.05) is 44.2 Å². The first kappa shape index (κ1) is 21.6. The molecule has 164 valence electrons. The molecule has 6 heteroatoms. The van der Waals surface area contributed by atoms with Crippen LogP contribution < -0.4 is 15.6 Å². The molecule has 1 N–H and O–H groups in total. The maximum atomic E-state index is 13.5. The van der Waals surface area contributed by atoms with Gasteiger partial charge in [-0.2, -0.15) is 0 Å². The van der Waals surface area contributed by atoms with Gasteiger partial charge in [0.1, 0.15) is 11.3 Å². The number of nitrogens with zero attached hydrogens (tertiary/aromatic N) is 1. The number of Topliss-reactive ketones (excluding diaryl/α,β-unsaturated/α-hetero) is 1. The second-order valence-corrected chi connectivity index (χ2v) is 8.88. The minimum absolute atomic E-state index is 0.0426. The van der Waals surface area contributed by atoms with E-state index in [0.29, 0.717) is 29.7 Å². The fourth-order valence-electron chi connectivity index (χ4n) is 4.17. The normalized spacial score (nSPS) is 14.5. The number of fused-ring (bicyclic) bond motifs is 1. The first-order valence-corrected chi connectivity index (χ1v) is 10.6. The molecule has 0 spiro atoms. The fraction of sp³-hybridized carbons (Fsp3) is 0.269. The lowest BCUT2D eigenvalue weighted by atomic mass is 9.73. The maximum absolute atomic E-state index is 13.5. The van der Waals surface area contributed by atoms with Gasteiger partial charge in [0.25, 0.3) is 11.5 Å². The number of amides is 1. The van der Waals surface area contributed by atoms with Gasteiger partial charge in [0.15, 0.2) is 5.78 Å². The highest BCUT2D eigenvalue weighted by Gasteiger charge is 2.35. The zero-order chi connectivity index (χ0) is 22.9. The number of methoxy groups -OCH3 is 1. The van der Waals surface area contributed by atoms with E-state index in [1.165, 1.54) is 4.57 Å². The van der Waals surface area contributed by atoms with Crippen LogP contribution in [0, 0.1) is 5.41 Å². The summed E-state index contributed by atoms with van der Waals surface area (Å²) in [5.41, 5.74) is 1.78. The van der Waals surface area contributed by atoms with Crippen molar-refractivity contribution in [2.24, 2.45) is 5.41 Å². The Labute approximate surface area is 186 Å². The van der Waals surface area contributed by atoms with Crippen molar-refractivity contribution in [1.82, 2.24) is 9.88 Å². The molecule has 0 saturated heterocycles. The Kier molecular flexibility index (Phi) is 5.70. The summed E-state index contributed by atoms with van der Waals surface area (Å²) in [5, 5.41) is 2.86. The molecule has 0 saturated carbocycles. The zero-order valence-corrected chi connectivity index (χ0v) is 18.5. The molecule has 1 aromatic heterocycles. The first-order valence-electron chi connectivity index (χ1n) is 10.6. The molecule has 0 aliphatic heterocycles. The summed E-state index contributed by atoms with van der Waals surface area (Å²) in [6.07, 6.45) is 2.45. The average Bonchev–Trinajstić information content (AvgIpc) is 2.77. The number of ether oxygens (including phenoxy) is 1. The summed E-state index contributed by atoms with van der Waals surface area (Å²) in [5.74, 6) is 0.201. The van der Waals surface area contributed by atoms with E-state index in [4.69, 9.17) is 4.74 Å². The standard InChI is InChI=1S/C26H26N2O4/c1-26(2)13-20-21(22(29)14-26)16-28(18-7-5-4-6-8-18)25(31)23(20)24(30)27-15-17-9-11-19(32-3)12-10-17/h4-12,16H,13-15H2,1-3H3,(H,27,30). The van der Waals surface area contributed by atoms with Crippen molar-refractivity contribution in [1.29, 1.82) is 0 Å². The average molecular weight is 431 g/mol. The Morgan fingerprint density at radius 1 is 1.03 bits per heavy atom. The maximum Gasteiger partial charge on any atom is 0.268 e. The molecule has 1 aliphatic carbocycles. The molecule has 6 nitrogen and oxygen atoms in total. The molecule has 0 unspecified atom stereocenters. The van der Waals surface area contributed by atoms with Crippen molar-refractivity contribution >= 4 is 11.7 Å². The van der Waals surface area contributed by atoms with Crippen molar-refractivity contribution in [2.75, 3.05) is 7.11 Å². The topological polar surface area (TPSA) is 77.4 Å². The molecule has 1 heterocycles. The zero-order valence-electron chi connectivity index (χ0n) is 18.5. The third-order valence-electron chi connectivity index (χ3n) is 5.79. The molecule has 1 amide bonds. The predicted octanol–water partition coefficient (Wildman–Crippen LogP) is 3.93. The van der Waals surface area contributed by atoms with Crippen molar-refractivity contribution in [3.8, 4) is 11.4 Å². The Bertz CT molecular complexity index is 1230. The smallest absolute Gasteiger partial charge is 0.268 e. The Morgan fingerprint density at radius 2 is 1.72 bits per heavy atom. The highest BCUT2D eigenvalue weighted by molar-refractivity contribution is 6.04. The van der Waals surface area contributed by atoms with E-state index in [9.17, 15) is 14.4 Å². The third kappa shape index (κ3) is 4.21. The van der Waals surface area contributed by atoms with Crippen LogP contribution in [0.25, 0.3) is 5.69 Å². The van der Waals surface area contributed by atoms with Crippen LogP contribution in [0.2, 0.25) is 0 Å². The SMILES string of the molecule is COc1ccc(CNC(=O)c2c3c(cn(-c4ccccc4)c2=O)C(=O)CC(C)(C)C3)cc1. The Balaban J connectivity index is 1.76. The molecule has 2 aromatic carbocycles. The van der Waals surface area contributed by atoms with Crippen molar-refractivity contribution < 1.29 is 14.3 Å². The molecule has 0 fully saturated rings. The quantitative estimate of drug-likeness (QED) is 0.665. The monoisotopic (exact) mass is 430 g/mol. The minimum Gasteiger partial charge on any atom is -0.497 e. The van der Waals surface area contributed by atoms with Gasteiger partial charge in [0.2, 0.25) is 0 Å². The number of rotatable bonds is 5. The van der Waals surface area contributed by atoms with Crippen molar-refractivity contribution in [2.45, 2.75) is 33.2 Å². The number of pyridine rings is 1. The van der Waals surface area contributed by atoms with Crippen LogP contribution in [0.1, 0.15) is 52.1 Å². The van der Waals surface area contributed by atoms with E-state index >= 15 is 0 Å². The lowest BCUT2D eigenvalue weighted by Crippen LogP contribution is -2.38. The summed E-state index contributed by atoms with van der Waals surface area (Å²) in [6, 6.07) is 16.4. The van der Waals surface area contributed by atoms with E-state index in [1.807, 2.05) is 56.3 Å². The number of ketones is 1. The second-order valence-electron chi connectivity index (χ2n) is 8.88. The van der Waals surface area contributed by atoms with E-state index in [2.05, 4.69) is 5.32 Å². The minimum atomic E-state index is -0.474. The van der Waals surface area contributed by atoms with E-state index in [1.54, 1.807) is 25.4 Å². The van der Waals surface area contributed by atoms with E-state index < -0.39 is 11.5 Å². The lowest BCUT2D eigenvalue weighted by Gasteiger charge is -2.31. The van der Waals surface area contributed by atoms with Gasteiger partial charge < -0.3 is 10.1 Å². The van der Waals surface area contributed by atoms with Gasteiger partial charge in [-0.05, 0) is 47.2 Å². The van der Waals surface area contributed by atoms with Crippen LogP contribution >= 0.6 is 0 Å². The summed E-state index contributed by atoms with van der Waals surface area (Å²) >= 11 is 0. The summed E-state index contributed by atoms with van der Waals surface area (Å²) in [7, 11) is 1.59. The number of carbonyl (C=O) groups excluding carboxylic acids is 2. The van der Waals surface area contributed by atoms with Crippen LogP contribution in [0.3, 0.4) is 0 Å². The predicted molar refractivity (Wildman–Crippen MR) is 123 cm³/mol. The second kappa shape index (κ2) is 8.46.